The van der Waals surface area contributed by atoms with E-state index in [4.69, 9.17) is 27.9 Å². The molecule has 5 heteroatoms. The number of fused-ring (bicyclic) bond motifs is 1. The van der Waals surface area contributed by atoms with Crippen LogP contribution in [0.2, 0.25) is 10.0 Å². The van der Waals surface area contributed by atoms with Crippen LogP contribution >= 0.6 is 35.6 Å². The van der Waals surface area contributed by atoms with E-state index in [1.54, 1.807) is 0 Å². The molecule has 2 atom stereocenters. The van der Waals surface area contributed by atoms with Gasteiger partial charge in [0.1, 0.15) is 0 Å². The van der Waals surface area contributed by atoms with Crippen molar-refractivity contribution in [1.29, 1.82) is 0 Å². The van der Waals surface area contributed by atoms with E-state index < -0.39 is 0 Å². The van der Waals surface area contributed by atoms with Gasteiger partial charge in [0.05, 0.1) is 16.7 Å². The first kappa shape index (κ1) is 16.4. The molecule has 1 aromatic carbocycles. The van der Waals surface area contributed by atoms with Crippen LogP contribution in [-0.2, 0) is 10.2 Å². The zero-order valence-electron chi connectivity index (χ0n) is 11.5. The van der Waals surface area contributed by atoms with Crippen molar-refractivity contribution in [3.63, 3.8) is 0 Å². The second kappa shape index (κ2) is 6.02. The summed E-state index contributed by atoms with van der Waals surface area (Å²) >= 11 is 12.2. The SMILES string of the molecule is CCOC[C@@]12CNCC[C@]1(c1ccc(Cl)c(Cl)c1)C2.Cl. The first-order valence-electron chi connectivity index (χ1n) is 6.88. The van der Waals surface area contributed by atoms with Gasteiger partial charge in [0, 0.05) is 24.0 Å². The molecule has 1 aliphatic carbocycles. The molecule has 1 N–H and O–H groups in total. The van der Waals surface area contributed by atoms with Crippen molar-refractivity contribution in [2.24, 2.45) is 5.41 Å². The molecular weight excluding hydrogens is 317 g/mol. The molecule has 0 aromatic heterocycles. The lowest BCUT2D eigenvalue weighted by Crippen LogP contribution is -2.41. The molecule has 1 aliphatic heterocycles. The summed E-state index contributed by atoms with van der Waals surface area (Å²) in [6.07, 6.45) is 2.34. The smallest absolute Gasteiger partial charge is 0.0595 e. The second-order valence-electron chi connectivity index (χ2n) is 5.73. The molecule has 112 valence electrons. The minimum Gasteiger partial charge on any atom is -0.381 e. The van der Waals surface area contributed by atoms with Gasteiger partial charge in [-0.15, -0.1) is 12.4 Å². The Labute approximate surface area is 136 Å². The summed E-state index contributed by atoms with van der Waals surface area (Å²) in [6.45, 7) is 5.76. The maximum Gasteiger partial charge on any atom is 0.0595 e. The number of hydrogen-bond donors (Lipinski definition) is 1. The highest BCUT2D eigenvalue weighted by Crippen LogP contribution is 2.67. The van der Waals surface area contributed by atoms with E-state index in [9.17, 15) is 0 Å². The molecule has 0 unspecified atom stereocenters. The Balaban J connectivity index is 0.00000147. The van der Waals surface area contributed by atoms with E-state index in [2.05, 4.69) is 18.3 Å². The maximum absolute atomic E-state index is 6.18. The summed E-state index contributed by atoms with van der Waals surface area (Å²) in [7, 11) is 0. The number of rotatable bonds is 4. The third-order valence-electron chi connectivity index (χ3n) is 4.78. The zero-order chi connectivity index (χ0) is 13.5. The molecule has 0 spiro atoms. The molecular formula is C15H20Cl3NO. The minimum absolute atomic E-state index is 0. The zero-order valence-corrected chi connectivity index (χ0v) is 13.9. The van der Waals surface area contributed by atoms with E-state index in [-0.39, 0.29) is 23.2 Å². The molecule has 1 saturated heterocycles. The minimum atomic E-state index is 0. The Morgan fingerprint density at radius 1 is 1.30 bits per heavy atom. The Hall–Kier alpha value is 0.01000. The largest absolute Gasteiger partial charge is 0.381 e. The molecule has 3 rings (SSSR count). The van der Waals surface area contributed by atoms with Gasteiger partial charge in [-0.05, 0) is 44.0 Å². The predicted molar refractivity (Wildman–Crippen MR) is 86.4 cm³/mol. The van der Waals surface area contributed by atoms with Crippen LogP contribution in [0.3, 0.4) is 0 Å². The Morgan fingerprint density at radius 3 is 2.80 bits per heavy atom. The number of ether oxygens (including phenoxy) is 1. The van der Waals surface area contributed by atoms with E-state index in [0.29, 0.717) is 10.0 Å². The molecule has 1 saturated carbocycles. The highest BCUT2D eigenvalue weighted by atomic mass is 35.5. The topological polar surface area (TPSA) is 21.3 Å². The van der Waals surface area contributed by atoms with Gasteiger partial charge in [-0.25, -0.2) is 0 Å². The third-order valence-corrected chi connectivity index (χ3v) is 5.52. The Morgan fingerprint density at radius 2 is 2.10 bits per heavy atom. The number of hydrogen-bond acceptors (Lipinski definition) is 2. The van der Waals surface area contributed by atoms with Crippen LogP contribution in [0.1, 0.15) is 25.3 Å². The molecule has 2 fully saturated rings. The first-order chi connectivity index (χ1) is 9.13. The lowest BCUT2D eigenvalue weighted by Gasteiger charge is -2.31. The molecule has 1 aromatic rings. The quantitative estimate of drug-likeness (QED) is 0.895. The van der Waals surface area contributed by atoms with Gasteiger partial charge in [-0.3, -0.25) is 0 Å². The van der Waals surface area contributed by atoms with Crippen molar-refractivity contribution in [2.75, 3.05) is 26.3 Å². The Bertz CT molecular complexity index is 496. The summed E-state index contributed by atoms with van der Waals surface area (Å²) in [5.41, 5.74) is 1.81. The lowest BCUT2D eigenvalue weighted by atomic mass is 9.81. The molecule has 2 aliphatic rings. The van der Waals surface area contributed by atoms with Crippen LogP contribution in [-0.4, -0.2) is 26.3 Å². The number of nitrogens with one attached hydrogen (secondary N) is 1. The van der Waals surface area contributed by atoms with Crippen molar-refractivity contribution in [3.05, 3.63) is 33.8 Å². The molecule has 1 heterocycles. The van der Waals surface area contributed by atoms with E-state index in [1.807, 2.05) is 12.1 Å². The number of halogens is 3. The fourth-order valence-electron chi connectivity index (χ4n) is 3.63. The third kappa shape index (κ3) is 2.46. The summed E-state index contributed by atoms with van der Waals surface area (Å²) in [5.74, 6) is 0. The molecule has 0 amide bonds. The van der Waals surface area contributed by atoms with E-state index >= 15 is 0 Å². The predicted octanol–water partition coefficient (Wildman–Crippen LogP) is 4.07. The van der Waals surface area contributed by atoms with Gasteiger partial charge in [0.25, 0.3) is 0 Å². The fourth-order valence-corrected chi connectivity index (χ4v) is 3.93. The second-order valence-corrected chi connectivity index (χ2v) is 6.55. The fraction of sp³-hybridized carbons (Fsp3) is 0.600. The average Bonchev–Trinajstić information content (AvgIpc) is 3.10. The normalized spacial score (nSPS) is 31.4. The standard InChI is InChI=1S/C15H19Cl2NO.ClH/c1-2-19-10-14-8-15(14,5-6-18-9-14)11-3-4-12(16)13(17)7-11;/h3-4,7,18H,2,5-6,8-10H2,1H3;1H/t14-,15-;/m1./s1. The summed E-state index contributed by atoms with van der Waals surface area (Å²) in [4.78, 5) is 0. The molecule has 20 heavy (non-hydrogen) atoms. The lowest BCUT2D eigenvalue weighted by molar-refractivity contribution is 0.0817. The first-order valence-corrected chi connectivity index (χ1v) is 7.63. The van der Waals surface area contributed by atoms with Crippen LogP contribution in [0.4, 0.5) is 0 Å². The molecule has 0 radical (unpaired) electrons. The molecule has 0 bridgehead atoms. The van der Waals surface area contributed by atoms with Crippen molar-refractivity contribution in [2.45, 2.75) is 25.2 Å². The molecule has 2 nitrogen and oxygen atoms in total. The van der Waals surface area contributed by atoms with Crippen molar-refractivity contribution in [1.82, 2.24) is 5.32 Å². The van der Waals surface area contributed by atoms with Crippen LogP contribution in [0.5, 0.6) is 0 Å². The van der Waals surface area contributed by atoms with Crippen LogP contribution in [0.25, 0.3) is 0 Å². The van der Waals surface area contributed by atoms with Gasteiger partial charge in [-0.2, -0.15) is 0 Å². The van der Waals surface area contributed by atoms with Crippen LogP contribution in [0, 0.1) is 5.41 Å². The average molecular weight is 337 g/mol. The summed E-state index contributed by atoms with van der Waals surface area (Å²) in [5, 5.41) is 4.80. The number of piperidine rings is 1. The van der Waals surface area contributed by atoms with Gasteiger partial charge in [0.2, 0.25) is 0 Å². The monoisotopic (exact) mass is 335 g/mol. The van der Waals surface area contributed by atoms with Gasteiger partial charge < -0.3 is 10.1 Å². The Kier molecular flexibility index (Phi) is 4.93. The highest BCUT2D eigenvalue weighted by Gasteiger charge is 2.68. The van der Waals surface area contributed by atoms with Crippen LogP contribution < -0.4 is 5.32 Å². The van der Waals surface area contributed by atoms with E-state index in [0.717, 1.165) is 32.7 Å². The van der Waals surface area contributed by atoms with E-state index in [1.165, 1.54) is 12.0 Å². The van der Waals surface area contributed by atoms with Crippen LogP contribution in [0.15, 0.2) is 18.2 Å². The van der Waals surface area contributed by atoms with Gasteiger partial charge in [-0.1, -0.05) is 29.3 Å². The van der Waals surface area contributed by atoms with Crippen molar-refractivity contribution in [3.8, 4) is 0 Å². The van der Waals surface area contributed by atoms with Crippen molar-refractivity contribution < 1.29 is 4.74 Å². The number of benzene rings is 1. The maximum atomic E-state index is 6.18. The summed E-state index contributed by atoms with van der Waals surface area (Å²) in [6, 6.07) is 6.09. The van der Waals surface area contributed by atoms with Gasteiger partial charge in [0.15, 0.2) is 0 Å². The highest BCUT2D eigenvalue weighted by molar-refractivity contribution is 6.42. The van der Waals surface area contributed by atoms with Gasteiger partial charge >= 0.3 is 0 Å². The van der Waals surface area contributed by atoms with Crippen molar-refractivity contribution >= 4 is 35.6 Å². The summed E-state index contributed by atoms with van der Waals surface area (Å²) < 4.78 is 5.72.